The van der Waals surface area contributed by atoms with Crippen LogP contribution in [0.3, 0.4) is 0 Å². The molecule has 0 heterocycles. The predicted molar refractivity (Wildman–Crippen MR) is 286 cm³/mol. The van der Waals surface area contributed by atoms with Crippen molar-refractivity contribution in [3.05, 3.63) is 11.6 Å². The fourth-order valence-electron chi connectivity index (χ4n) is 14.1. The lowest BCUT2D eigenvalue weighted by Gasteiger charge is -2.58. The monoisotopic (exact) mass is 951 g/mol. The quantitative estimate of drug-likeness (QED) is 0.0424. The van der Waals surface area contributed by atoms with Gasteiger partial charge in [0.05, 0.1) is 6.54 Å². The van der Waals surface area contributed by atoms with Crippen LogP contribution < -0.4 is 16.4 Å². The second kappa shape index (κ2) is 32.8. The Morgan fingerprint density at radius 2 is 1.29 bits per heavy atom. The van der Waals surface area contributed by atoms with E-state index in [1.54, 1.807) is 10.5 Å². The van der Waals surface area contributed by atoms with Gasteiger partial charge in [-0.25, -0.2) is 4.79 Å². The van der Waals surface area contributed by atoms with Crippen molar-refractivity contribution in [2.24, 2.45) is 52.1 Å². The number of ether oxygens (including phenoxy) is 1. The van der Waals surface area contributed by atoms with E-state index in [-0.39, 0.29) is 36.0 Å². The predicted octanol–water partition coefficient (Wildman–Crippen LogP) is 15.4. The number of allylic oxidation sites excluding steroid dienone is 1. The molecular formula is C60H110N4O4. The van der Waals surface area contributed by atoms with E-state index in [2.05, 4.69) is 58.3 Å². The minimum Gasteiger partial charge on any atom is -0.446 e. The second-order valence-electron chi connectivity index (χ2n) is 24.0. The molecule has 0 radical (unpaired) electrons. The Morgan fingerprint density at radius 1 is 0.691 bits per heavy atom. The molecule has 0 aromatic rings. The number of fused-ring (bicyclic) bond motifs is 5. The van der Waals surface area contributed by atoms with Crippen molar-refractivity contribution in [3.8, 4) is 0 Å². The number of rotatable bonds is 37. The molecule has 0 saturated heterocycles. The average molecular weight is 952 g/mol. The van der Waals surface area contributed by atoms with E-state index in [1.807, 2.05) is 0 Å². The Bertz CT molecular complexity index is 1430. The Hall–Kier alpha value is -2.09. The van der Waals surface area contributed by atoms with Crippen LogP contribution in [0.4, 0.5) is 4.79 Å². The second-order valence-corrected chi connectivity index (χ2v) is 24.0. The Morgan fingerprint density at radius 3 is 1.94 bits per heavy atom. The molecular weight excluding hydrogens is 841 g/mol. The molecule has 0 unspecified atom stereocenters. The first-order valence-electron chi connectivity index (χ1n) is 29.8. The topological polar surface area (TPSA) is 114 Å². The van der Waals surface area contributed by atoms with Crippen molar-refractivity contribution in [2.45, 2.75) is 272 Å². The number of hydrogen-bond donors (Lipinski definition) is 3. The molecule has 0 spiro atoms. The van der Waals surface area contributed by atoms with Gasteiger partial charge in [0.15, 0.2) is 0 Å². The maximum atomic E-state index is 13.5. The minimum atomic E-state index is -0.321. The summed E-state index contributed by atoms with van der Waals surface area (Å²) in [5, 5.41) is 6.07. The lowest BCUT2D eigenvalue weighted by molar-refractivity contribution is -0.136. The number of unbranched alkanes of at least 4 members (excludes halogenated alkanes) is 20. The summed E-state index contributed by atoms with van der Waals surface area (Å²) >= 11 is 0. The van der Waals surface area contributed by atoms with Crippen LogP contribution in [0.15, 0.2) is 11.6 Å². The molecule has 4 aliphatic rings. The van der Waals surface area contributed by atoms with Crippen LogP contribution in [0.5, 0.6) is 0 Å². The number of carbonyl (C=O) groups is 3. The van der Waals surface area contributed by atoms with Gasteiger partial charge in [-0.1, -0.05) is 188 Å². The van der Waals surface area contributed by atoms with E-state index in [0.717, 1.165) is 106 Å². The third-order valence-electron chi connectivity index (χ3n) is 18.3. The van der Waals surface area contributed by atoms with Gasteiger partial charge in [0.2, 0.25) is 11.8 Å². The molecule has 3 saturated carbocycles. The van der Waals surface area contributed by atoms with Crippen LogP contribution in [0.25, 0.3) is 0 Å². The molecule has 0 bridgehead atoms. The van der Waals surface area contributed by atoms with Crippen molar-refractivity contribution in [1.82, 2.24) is 15.5 Å². The SMILES string of the molecule is CCCCCCCCCCCCCCCCCCCC(=O)N(CCCCNC(=O)O[C@H]1CC[C@@]2(C)C(=CC[C@H]3[C@@H]4CC[C@H]([C@H](C)CCCC(C)C)[C@@]4(C)CC[C@@H]32)C1)CC(=O)NCCCCCCN. The molecule has 0 aliphatic heterocycles. The van der Waals surface area contributed by atoms with E-state index in [1.165, 1.54) is 148 Å². The molecule has 4 aliphatic carbocycles. The van der Waals surface area contributed by atoms with Crippen LogP contribution in [-0.4, -0.2) is 61.6 Å². The van der Waals surface area contributed by atoms with Gasteiger partial charge in [0.1, 0.15) is 6.10 Å². The number of carbonyl (C=O) groups excluding carboxylic acids is 3. The maximum absolute atomic E-state index is 13.5. The van der Waals surface area contributed by atoms with Gasteiger partial charge < -0.3 is 26.0 Å². The zero-order valence-corrected chi connectivity index (χ0v) is 45.6. The fourth-order valence-corrected chi connectivity index (χ4v) is 14.1. The fraction of sp³-hybridized carbons (Fsp3) is 0.917. The zero-order valence-electron chi connectivity index (χ0n) is 45.6. The van der Waals surface area contributed by atoms with Crippen LogP contribution in [0.1, 0.15) is 266 Å². The number of amides is 3. The highest BCUT2D eigenvalue weighted by Crippen LogP contribution is 2.67. The van der Waals surface area contributed by atoms with E-state index in [0.29, 0.717) is 38.0 Å². The molecule has 4 rings (SSSR count). The highest BCUT2D eigenvalue weighted by Gasteiger charge is 2.59. The molecule has 0 aromatic heterocycles. The molecule has 68 heavy (non-hydrogen) atoms. The standard InChI is InChI=1S/C60H110N4O4/c1-7-8-9-10-11-12-13-14-15-16-17-18-19-20-21-22-25-33-57(66)64(47-56(65)62-43-27-24-23-26-42-61)45-29-28-44-63-58(67)68-51-38-40-59(5)50(46-51)34-35-52-54-37-36-53(49(4)32-30-31-48(2)3)60(54,6)41-39-55(52)59/h34,48-49,51-55H,7-33,35-47,61H2,1-6H3,(H,62,65)(H,63,67)/t49-,51+,52+,53-,54+,55+,59+,60-/m1/s1. The van der Waals surface area contributed by atoms with E-state index in [4.69, 9.17) is 10.5 Å². The Labute approximate surface area is 419 Å². The smallest absolute Gasteiger partial charge is 0.407 e. The minimum absolute atomic E-state index is 0.0658. The van der Waals surface area contributed by atoms with Gasteiger partial charge >= 0.3 is 6.09 Å². The van der Waals surface area contributed by atoms with Gasteiger partial charge in [-0.3, -0.25) is 9.59 Å². The summed E-state index contributed by atoms with van der Waals surface area (Å²) in [7, 11) is 0. The van der Waals surface area contributed by atoms with E-state index in [9.17, 15) is 14.4 Å². The molecule has 8 atom stereocenters. The van der Waals surface area contributed by atoms with Crippen molar-refractivity contribution >= 4 is 17.9 Å². The average Bonchev–Trinajstić information content (AvgIpc) is 3.68. The molecule has 3 amide bonds. The summed E-state index contributed by atoms with van der Waals surface area (Å²) in [6.45, 7) is 17.3. The summed E-state index contributed by atoms with van der Waals surface area (Å²) in [4.78, 5) is 41.3. The number of nitrogens with one attached hydrogen (secondary N) is 2. The summed E-state index contributed by atoms with van der Waals surface area (Å²) in [6.07, 6.45) is 44.4. The summed E-state index contributed by atoms with van der Waals surface area (Å²) in [5.74, 6) is 4.92. The Balaban J connectivity index is 1.12. The highest BCUT2D eigenvalue weighted by atomic mass is 16.6. The molecule has 0 aromatic carbocycles. The maximum Gasteiger partial charge on any atom is 0.407 e. The van der Waals surface area contributed by atoms with Crippen molar-refractivity contribution in [1.29, 1.82) is 0 Å². The van der Waals surface area contributed by atoms with Crippen LogP contribution >= 0.6 is 0 Å². The first kappa shape index (κ1) is 58.5. The summed E-state index contributed by atoms with van der Waals surface area (Å²) < 4.78 is 6.09. The van der Waals surface area contributed by atoms with Crippen LogP contribution in [0.2, 0.25) is 0 Å². The lowest BCUT2D eigenvalue weighted by atomic mass is 9.47. The third kappa shape index (κ3) is 19.8. The number of alkyl carbamates (subject to hydrolysis) is 1. The van der Waals surface area contributed by atoms with Gasteiger partial charge in [-0.05, 0) is 130 Å². The Kier molecular flexibility index (Phi) is 28.2. The van der Waals surface area contributed by atoms with E-state index >= 15 is 0 Å². The van der Waals surface area contributed by atoms with Gasteiger partial charge in [-0.2, -0.15) is 0 Å². The number of hydrogen-bond acceptors (Lipinski definition) is 5. The van der Waals surface area contributed by atoms with Gasteiger partial charge in [0, 0.05) is 32.5 Å². The van der Waals surface area contributed by atoms with Crippen molar-refractivity contribution in [2.75, 3.05) is 32.7 Å². The zero-order chi connectivity index (χ0) is 49.0. The third-order valence-corrected chi connectivity index (χ3v) is 18.3. The summed E-state index contributed by atoms with van der Waals surface area (Å²) in [5.41, 5.74) is 7.92. The van der Waals surface area contributed by atoms with Crippen LogP contribution in [0, 0.1) is 46.3 Å². The van der Waals surface area contributed by atoms with Crippen molar-refractivity contribution < 1.29 is 19.1 Å². The number of nitrogens with two attached hydrogens (primary N) is 1. The van der Waals surface area contributed by atoms with Crippen LogP contribution in [-0.2, 0) is 14.3 Å². The first-order valence-corrected chi connectivity index (χ1v) is 29.8. The lowest BCUT2D eigenvalue weighted by Crippen LogP contribution is -2.51. The van der Waals surface area contributed by atoms with E-state index < -0.39 is 0 Å². The first-order chi connectivity index (χ1) is 32.9. The molecule has 3 fully saturated rings. The molecule has 394 valence electrons. The molecule has 8 nitrogen and oxygen atoms in total. The summed E-state index contributed by atoms with van der Waals surface area (Å²) in [6, 6.07) is 0. The normalized spacial score (nSPS) is 25.8. The molecule has 8 heteroatoms. The van der Waals surface area contributed by atoms with Gasteiger partial charge in [-0.15, -0.1) is 0 Å². The van der Waals surface area contributed by atoms with Crippen molar-refractivity contribution in [3.63, 3.8) is 0 Å². The highest BCUT2D eigenvalue weighted by molar-refractivity contribution is 5.84. The van der Waals surface area contributed by atoms with Gasteiger partial charge in [0.25, 0.3) is 0 Å². The largest absolute Gasteiger partial charge is 0.446 e. The molecule has 4 N–H and O–H groups in total. The number of nitrogens with zero attached hydrogens (tertiary/aromatic N) is 1.